The second kappa shape index (κ2) is 6.84. The van der Waals surface area contributed by atoms with E-state index in [0.29, 0.717) is 12.2 Å². The van der Waals surface area contributed by atoms with Crippen LogP contribution in [0.1, 0.15) is 16.8 Å². The van der Waals surface area contributed by atoms with Crippen LogP contribution in [0, 0.1) is 6.92 Å². The molecule has 1 aromatic carbocycles. The van der Waals surface area contributed by atoms with Gasteiger partial charge in [0.25, 0.3) is 0 Å². The Morgan fingerprint density at radius 2 is 1.96 bits per heavy atom. The van der Waals surface area contributed by atoms with Gasteiger partial charge >= 0.3 is 0 Å². The summed E-state index contributed by atoms with van der Waals surface area (Å²) in [6.07, 6.45) is 7.44. The van der Waals surface area contributed by atoms with Crippen LogP contribution in [0.25, 0.3) is 5.65 Å². The van der Waals surface area contributed by atoms with E-state index in [1.807, 2.05) is 70.9 Å². The van der Waals surface area contributed by atoms with Crippen LogP contribution in [-0.2, 0) is 17.8 Å². The first-order valence-corrected chi connectivity index (χ1v) is 8.47. The lowest BCUT2D eigenvalue weighted by Crippen LogP contribution is -2.15. The first-order chi connectivity index (χ1) is 12.7. The van der Waals surface area contributed by atoms with E-state index in [2.05, 4.69) is 15.4 Å². The standard InChI is InChI=1S/C20H19N5O/c1-15-6-5-9-25-18(12-21-20(15)25)10-19(26)23-17-11-22-24(14-17)13-16-7-3-2-4-8-16/h2-9,11-12,14H,10,13H2,1H3,(H,23,26). The number of carbonyl (C=O) groups is 1. The summed E-state index contributed by atoms with van der Waals surface area (Å²) in [7, 11) is 0. The predicted octanol–water partition coefficient (Wildman–Crippen LogP) is 3.07. The van der Waals surface area contributed by atoms with E-state index in [1.165, 1.54) is 0 Å². The number of rotatable bonds is 5. The van der Waals surface area contributed by atoms with E-state index in [0.717, 1.165) is 22.5 Å². The maximum atomic E-state index is 12.4. The summed E-state index contributed by atoms with van der Waals surface area (Å²) in [5.41, 5.74) is 4.68. The Morgan fingerprint density at radius 1 is 1.12 bits per heavy atom. The van der Waals surface area contributed by atoms with Crippen molar-refractivity contribution in [1.29, 1.82) is 0 Å². The van der Waals surface area contributed by atoms with Crippen LogP contribution >= 0.6 is 0 Å². The highest BCUT2D eigenvalue weighted by atomic mass is 16.1. The van der Waals surface area contributed by atoms with Gasteiger partial charge in [0.2, 0.25) is 5.91 Å². The lowest BCUT2D eigenvalue weighted by Gasteiger charge is -2.04. The highest BCUT2D eigenvalue weighted by Crippen LogP contribution is 2.13. The van der Waals surface area contributed by atoms with E-state index >= 15 is 0 Å². The average Bonchev–Trinajstić information content (AvgIpc) is 3.24. The summed E-state index contributed by atoms with van der Waals surface area (Å²) in [4.78, 5) is 16.8. The Morgan fingerprint density at radius 3 is 2.81 bits per heavy atom. The minimum atomic E-state index is -0.0902. The first kappa shape index (κ1) is 16.1. The molecule has 0 unspecified atom stereocenters. The fourth-order valence-corrected chi connectivity index (χ4v) is 2.99. The molecule has 3 aromatic heterocycles. The van der Waals surface area contributed by atoms with Crippen molar-refractivity contribution in [2.24, 2.45) is 0 Å². The van der Waals surface area contributed by atoms with Gasteiger partial charge in [0, 0.05) is 18.6 Å². The smallest absolute Gasteiger partial charge is 0.230 e. The molecule has 4 rings (SSSR count). The number of hydrogen-bond donors (Lipinski definition) is 1. The maximum absolute atomic E-state index is 12.4. The highest BCUT2D eigenvalue weighted by Gasteiger charge is 2.11. The van der Waals surface area contributed by atoms with Crippen LogP contribution in [-0.4, -0.2) is 25.1 Å². The molecule has 6 heteroatoms. The molecule has 0 saturated carbocycles. The van der Waals surface area contributed by atoms with Crippen molar-refractivity contribution in [1.82, 2.24) is 19.2 Å². The van der Waals surface area contributed by atoms with Crippen LogP contribution in [0.3, 0.4) is 0 Å². The molecule has 0 spiro atoms. The second-order valence-electron chi connectivity index (χ2n) is 6.27. The fourth-order valence-electron chi connectivity index (χ4n) is 2.99. The van der Waals surface area contributed by atoms with Gasteiger partial charge in [-0.2, -0.15) is 5.10 Å². The Balaban J connectivity index is 1.43. The molecule has 0 aliphatic rings. The Bertz CT molecular complexity index is 1050. The monoisotopic (exact) mass is 345 g/mol. The number of hydrogen-bond acceptors (Lipinski definition) is 3. The molecule has 0 bridgehead atoms. The first-order valence-electron chi connectivity index (χ1n) is 8.47. The zero-order valence-corrected chi connectivity index (χ0v) is 14.5. The minimum absolute atomic E-state index is 0.0902. The summed E-state index contributed by atoms with van der Waals surface area (Å²) in [5, 5.41) is 7.21. The molecule has 0 radical (unpaired) electrons. The molecule has 26 heavy (non-hydrogen) atoms. The minimum Gasteiger partial charge on any atom is -0.323 e. The van der Waals surface area contributed by atoms with Crippen LogP contribution in [0.4, 0.5) is 5.69 Å². The Hall–Kier alpha value is -3.41. The van der Waals surface area contributed by atoms with Crippen molar-refractivity contribution in [2.75, 3.05) is 5.32 Å². The summed E-state index contributed by atoms with van der Waals surface area (Å²) in [6, 6.07) is 14.0. The van der Waals surface area contributed by atoms with Crippen LogP contribution < -0.4 is 5.32 Å². The third-order valence-electron chi connectivity index (χ3n) is 4.25. The zero-order valence-electron chi connectivity index (χ0n) is 14.5. The molecule has 6 nitrogen and oxygen atoms in total. The van der Waals surface area contributed by atoms with Gasteiger partial charge in [-0.25, -0.2) is 4.98 Å². The van der Waals surface area contributed by atoms with Crippen molar-refractivity contribution in [3.63, 3.8) is 0 Å². The third-order valence-corrected chi connectivity index (χ3v) is 4.25. The van der Waals surface area contributed by atoms with Crippen molar-refractivity contribution in [2.45, 2.75) is 19.9 Å². The Kier molecular flexibility index (Phi) is 4.23. The maximum Gasteiger partial charge on any atom is 0.230 e. The molecule has 0 aliphatic heterocycles. The second-order valence-corrected chi connectivity index (χ2v) is 6.27. The molecule has 0 fully saturated rings. The zero-order chi connectivity index (χ0) is 17.9. The number of carbonyl (C=O) groups excluding carboxylic acids is 1. The molecule has 130 valence electrons. The molecular formula is C20H19N5O. The SMILES string of the molecule is Cc1cccn2c(CC(=O)Nc3cnn(Cc4ccccc4)c3)cnc12. The average molecular weight is 345 g/mol. The van der Waals surface area contributed by atoms with Gasteiger partial charge in [-0.3, -0.25) is 9.48 Å². The van der Waals surface area contributed by atoms with Crippen molar-refractivity contribution < 1.29 is 4.79 Å². The molecular weight excluding hydrogens is 326 g/mol. The number of nitrogens with one attached hydrogen (secondary N) is 1. The van der Waals surface area contributed by atoms with Gasteiger partial charge in [-0.1, -0.05) is 36.4 Å². The number of aryl methyl sites for hydroxylation is 1. The lowest BCUT2D eigenvalue weighted by molar-refractivity contribution is -0.115. The van der Waals surface area contributed by atoms with Crippen molar-refractivity contribution >= 4 is 17.2 Å². The van der Waals surface area contributed by atoms with Gasteiger partial charge in [0.1, 0.15) is 5.65 Å². The fraction of sp³-hybridized carbons (Fsp3) is 0.150. The molecule has 1 N–H and O–H groups in total. The number of aromatic nitrogens is 4. The van der Waals surface area contributed by atoms with E-state index in [1.54, 1.807) is 12.4 Å². The van der Waals surface area contributed by atoms with Crippen LogP contribution in [0.15, 0.2) is 67.3 Å². The number of benzene rings is 1. The van der Waals surface area contributed by atoms with Crippen molar-refractivity contribution in [3.8, 4) is 0 Å². The normalized spacial score (nSPS) is 11.0. The summed E-state index contributed by atoms with van der Waals surface area (Å²) >= 11 is 0. The molecule has 0 atom stereocenters. The molecule has 4 aromatic rings. The van der Waals surface area contributed by atoms with E-state index in [9.17, 15) is 4.79 Å². The number of nitrogens with zero attached hydrogens (tertiary/aromatic N) is 4. The number of fused-ring (bicyclic) bond motifs is 1. The van der Waals surface area contributed by atoms with Crippen LogP contribution in [0.2, 0.25) is 0 Å². The molecule has 3 heterocycles. The van der Waals surface area contributed by atoms with Gasteiger partial charge in [0.15, 0.2) is 0 Å². The molecule has 0 saturated heterocycles. The summed E-state index contributed by atoms with van der Waals surface area (Å²) in [6.45, 7) is 2.68. The highest BCUT2D eigenvalue weighted by molar-refractivity contribution is 5.91. The number of pyridine rings is 1. The predicted molar refractivity (Wildman–Crippen MR) is 100 cm³/mol. The molecule has 1 amide bonds. The topological polar surface area (TPSA) is 64.2 Å². The van der Waals surface area contributed by atoms with Gasteiger partial charge in [0.05, 0.1) is 30.5 Å². The number of amides is 1. The van der Waals surface area contributed by atoms with E-state index < -0.39 is 0 Å². The quantitative estimate of drug-likeness (QED) is 0.605. The van der Waals surface area contributed by atoms with E-state index in [-0.39, 0.29) is 12.3 Å². The van der Waals surface area contributed by atoms with Crippen LogP contribution in [0.5, 0.6) is 0 Å². The van der Waals surface area contributed by atoms with Gasteiger partial charge in [-0.15, -0.1) is 0 Å². The largest absolute Gasteiger partial charge is 0.323 e. The third kappa shape index (κ3) is 3.35. The molecule has 0 aliphatic carbocycles. The number of imidazole rings is 1. The Labute approximate surface area is 151 Å². The van der Waals surface area contributed by atoms with Gasteiger partial charge in [-0.05, 0) is 24.1 Å². The summed E-state index contributed by atoms with van der Waals surface area (Å²) < 4.78 is 3.76. The number of anilines is 1. The summed E-state index contributed by atoms with van der Waals surface area (Å²) in [5.74, 6) is -0.0902. The van der Waals surface area contributed by atoms with E-state index in [4.69, 9.17) is 0 Å². The van der Waals surface area contributed by atoms with Gasteiger partial charge < -0.3 is 9.72 Å². The van der Waals surface area contributed by atoms with Crippen molar-refractivity contribution in [3.05, 3.63) is 84.1 Å². The lowest BCUT2D eigenvalue weighted by atomic mass is 10.2.